The summed E-state index contributed by atoms with van der Waals surface area (Å²) >= 11 is 0.991. The number of amides is 3. The van der Waals surface area contributed by atoms with Crippen LogP contribution in [0.25, 0.3) is 22.2 Å². The normalized spacial score (nSPS) is 11.8. The minimum absolute atomic E-state index is 0.0126. The highest BCUT2D eigenvalue weighted by atomic mass is 32.1. The van der Waals surface area contributed by atoms with E-state index in [9.17, 15) is 18.4 Å². The van der Waals surface area contributed by atoms with Gasteiger partial charge in [-0.1, -0.05) is 36.4 Å². The van der Waals surface area contributed by atoms with Gasteiger partial charge in [-0.05, 0) is 63.7 Å². The molecule has 1 atom stereocenters. The number of nitrogens with two attached hydrogens (primary N) is 1. The van der Waals surface area contributed by atoms with Crippen LogP contribution >= 0.6 is 11.3 Å². The molecule has 15 heteroatoms. The van der Waals surface area contributed by atoms with Gasteiger partial charge in [0.1, 0.15) is 28.1 Å². The van der Waals surface area contributed by atoms with Crippen LogP contribution in [-0.2, 0) is 0 Å². The van der Waals surface area contributed by atoms with Crippen LogP contribution < -0.4 is 26.4 Å². The second kappa shape index (κ2) is 14.7. The van der Waals surface area contributed by atoms with Gasteiger partial charge in [-0.25, -0.2) is 18.6 Å². The Morgan fingerprint density at radius 2 is 1.89 bits per heavy atom. The Balaban J connectivity index is 1.43. The fourth-order valence-corrected chi connectivity index (χ4v) is 5.13. The molecule has 4 aromatic rings. The molecular weight excluding hydrogens is 594 g/mol. The number of nitrogen functional groups attached to an aromatic ring is 1. The van der Waals surface area contributed by atoms with Crippen LogP contribution in [-0.4, -0.2) is 64.7 Å². The van der Waals surface area contributed by atoms with E-state index in [1.54, 1.807) is 12.1 Å². The Kier molecular flexibility index (Phi) is 10.8. The molecule has 0 saturated carbocycles. The highest BCUT2D eigenvalue weighted by Crippen LogP contribution is 2.36. The molecule has 44 heavy (non-hydrogen) atoms. The molecule has 2 aromatic carbocycles. The van der Waals surface area contributed by atoms with E-state index in [1.807, 2.05) is 6.92 Å². The highest BCUT2D eigenvalue weighted by Gasteiger charge is 2.22. The molecule has 0 fully saturated rings. The van der Waals surface area contributed by atoms with Crippen molar-refractivity contribution in [3.05, 3.63) is 53.6 Å². The number of ether oxygens (including phenoxy) is 1. The van der Waals surface area contributed by atoms with Crippen LogP contribution in [0.5, 0.6) is 5.75 Å². The number of rotatable bonds is 13. The Morgan fingerprint density at radius 1 is 1.11 bits per heavy atom. The lowest BCUT2D eigenvalue weighted by atomic mass is 10.1. The van der Waals surface area contributed by atoms with E-state index in [0.717, 1.165) is 49.9 Å². The van der Waals surface area contributed by atoms with Crippen molar-refractivity contribution >= 4 is 39.9 Å². The van der Waals surface area contributed by atoms with Crippen molar-refractivity contribution < 1.29 is 27.6 Å². The second-order valence-electron chi connectivity index (χ2n) is 9.82. The topological polar surface area (TPSA) is 161 Å². The average molecular weight is 629 g/mol. The minimum atomic E-state index is -0.995. The van der Waals surface area contributed by atoms with Gasteiger partial charge in [0.25, 0.3) is 11.8 Å². The number of methoxy groups -OCH3 is 1. The standard InChI is InChI=1S/C29H34F2N8O4S/c1-5-39(6-2)12-8-9-16(3)33-28(41)37-29-35-24(32)23(44-29)27-36-25(38-43-27)19-14-22(21(31)15-20(19)30)34-26(40)17-10-7-11-18(13-17)42-4/h7,10-11,13-16H,5-6,8-9,12,32H2,1-4H3,(H,34,40)(H2,33,35,37,41). The van der Waals surface area contributed by atoms with Gasteiger partial charge in [0.05, 0.1) is 18.4 Å². The molecule has 0 aliphatic heterocycles. The second-order valence-corrected chi connectivity index (χ2v) is 10.8. The quantitative estimate of drug-likeness (QED) is 0.147. The number of benzene rings is 2. The van der Waals surface area contributed by atoms with Gasteiger partial charge in [-0.15, -0.1) is 0 Å². The monoisotopic (exact) mass is 628 g/mol. The molecule has 0 aliphatic rings. The smallest absolute Gasteiger partial charge is 0.321 e. The molecule has 3 amide bonds. The van der Waals surface area contributed by atoms with Crippen LogP contribution in [0.15, 0.2) is 40.9 Å². The van der Waals surface area contributed by atoms with Gasteiger partial charge in [0, 0.05) is 17.7 Å². The maximum Gasteiger partial charge on any atom is 0.321 e. The maximum atomic E-state index is 14.8. The number of aromatic nitrogens is 3. The van der Waals surface area contributed by atoms with E-state index in [0.29, 0.717) is 11.8 Å². The molecule has 4 rings (SSSR count). The third-order valence-corrected chi connectivity index (χ3v) is 7.73. The summed E-state index contributed by atoms with van der Waals surface area (Å²) in [4.78, 5) is 36.1. The highest BCUT2D eigenvalue weighted by molar-refractivity contribution is 7.19. The first-order valence-corrected chi connectivity index (χ1v) is 14.8. The van der Waals surface area contributed by atoms with Crippen LogP contribution in [0.2, 0.25) is 0 Å². The molecule has 0 bridgehead atoms. The molecule has 0 radical (unpaired) electrons. The van der Waals surface area contributed by atoms with Crippen LogP contribution in [0.1, 0.15) is 44.0 Å². The van der Waals surface area contributed by atoms with E-state index in [1.165, 1.54) is 19.2 Å². The van der Waals surface area contributed by atoms with Crippen molar-refractivity contribution in [1.29, 1.82) is 0 Å². The predicted octanol–water partition coefficient (Wildman–Crippen LogP) is 5.61. The molecular formula is C29H34F2N8O4S. The van der Waals surface area contributed by atoms with E-state index in [-0.39, 0.29) is 50.4 Å². The number of nitrogens with zero attached hydrogens (tertiary/aromatic N) is 4. The Labute approximate surface area is 257 Å². The van der Waals surface area contributed by atoms with E-state index in [2.05, 4.69) is 49.8 Å². The largest absolute Gasteiger partial charge is 0.497 e. The van der Waals surface area contributed by atoms with Crippen molar-refractivity contribution in [3.8, 4) is 27.9 Å². The summed E-state index contributed by atoms with van der Waals surface area (Å²) in [6.45, 7) is 9.08. The molecule has 0 aliphatic carbocycles. The zero-order chi connectivity index (χ0) is 31.8. The van der Waals surface area contributed by atoms with Gasteiger partial charge in [0.2, 0.25) is 5.82 Å². The van der Waals surface area contributed by atoms with Crippen LogP contribution in [0.3, 0.4) is 0 Å². The average Bonchev–Trinajstić information content (AvgIpc) is 3.62. The first-order chi connectivity index (χ1) is 21.1. The zero-order valence-electron chi connectivity index (χ0n) is 24.7. The Hall–Kier alpha value is -4.63. The van der Waals surface area contributed by atoms with Crippen LogP contribution in [0.4, 0.5) is 30.2 Å². The number of nitrogens with one attached hydrogen (secondary N) is 3. The van der Waals surface area contributed by atoms with Gasteiger partial charge < -0.3 is 30.5 Å². The number of anilines is 3. The summed E-state index contributed by atoms with van der Waals surface area (Å²) in [5.74, 6) is -2.45. The molecule has 12 nitrogen and oxygen atoms in total. The van der Waals surface area contributed by atoms with Crippen molar-refractivity contribution in [2.45, 2.75) is 39.7 Å². The fourth-order valence-electron chi connectivity index (χ4n) is 4.33. The lowest BCUT2D eigenvalue weighted by molar-refractivity contribution is 0.102. The molecule has 1 unspecified atom stereocenters. The Bertz CT molecular complexity index is 1610. The predicted molar refractivity (Wildman–Crippen MR) is 165 cm³/mol. The molecule has 2 heterocycles. The number of urea groups is 1. The number of thiazole rings is 1. The lowest BCUT2D eigenvalue weighted by Crippen LogP contribution is -2.36. The van der Waals surface area contributed by atoms with Crippen molar-refractivity contribution in [3.63, 3.8) is 0 Å². The molecule has 0 saturated heterocycles. The lowest BCUT2D eigenvalue weighted by Gasteiger charge is -2.19. The van der Waals surface area contributed by atoms with Gasteiger partial charge in [0.15, 0.2) is 5.13 Å². The van der Waals surface area contributed by atoms with Gasteiger partial charge in [-0.2, -0.15) is 4.98 Å². The summed E-state index contributed by atoms with van der Waals surface area (Å²) in [6, 6.07) is 7.43. The third kappa shape index (κ3) is 8.05. The molecule has 5 N–H and O–H groups in total. The zero-order valence-corrected chi connectivity index (χ0v) is 25.6. The number of carbonyl (C=O) groups is 2. The first kappa shape index (κ1) is 32.3. The van der Waals surface area contributed by atoms with E-state index >= 15 is 0 Å². The molecule has 0 spiro atoms. The van der Waals surface area contributed by atoms with Crippen molar-refractivity contribution in [2.24, 2.45) is 0 Å². The SMILES string of the molecule is CCN(CC)CCCC(C)NC(=O)Nc1nc(N)c(-c2nc(-c3cc(NC(=O)c4cccc(OC)c4)c(F)cc3F)no2)s1. The summed E-state index contributed by atoms with van der Waals surface area (Å²) in [7, 11) is 1.45. The number of halogens is 2. The van der Waals surface area contributed by atoms with Gasteiger partial charge in [-0.3, -0.25) is 10.1 Å². The fraction of sp³-hybridized carbons (Fsp3) is 0.345. The van der Waals surface area contributed by atoms with E-state index < -0.39 is 23.6 Å². The summed E-state index contributed by atoms with van der Waals surface area (Å²) in [6.07, 6.45) is 1.76. The van der Waals surface area contributed by atoms with Crippen molar-refractivity contribution in [1.82, 2.24) is 25.3 Å². The van der Waals surface area contributed by atoms with Crippen molar-refractivity contribution in [2.75, 3.05) is 43.1 Å². The van der Waals surface area contributed by atoms with E-state index in [4.69, 9.17) is 15.0 Å². The summed E-state index contributed by atoms with van der Waals surface area (Å²) < 4.78 is 39.8. The summed E-state index contributed by atoms with van der Waals surface area (Å²) in [5.41, 5.74) is 5.73. The number of carbonyl (C=O) groups excluding carboxylic acids is 2. The number of hydrogen-bond donors (Lipinski definition) is 4. The Morgan fingerprint density at radius 3 is 2.61 bits per heavy atom. The van der Waals surface area contributed by atoms with Gasteiger partial charge >= 0.3 is 6.03 Å². The molecule has 2 aromatic heterocycles. The summed E-state index contributed by atoms with van der Waals surface area (Å²) in [5, 5.41) is 11.9. The number of hydrogen-bond acceptors (Lipinski definition) is 10. The maximum absolute atomic E-state index is 14.8. The minimum Gasteiger partial charge on any atom is -0.497 e. The first-order valence-electron chi connectivity index (χ1n) is 14.0. The third-order valence-electron chi connectivity index (χ3n) is 6.76. The van der Waals surface area contributed by atoms with Crippen LogP contribution in [0, 0.1) is 11.6 Å². The molecule has 234 valence electrons.